The molecule has 1 atom stereocenters. The molecule has 0 heterocycles. The molecular weight excluding hydrogens is 494 g/mol. The molecule has 8 heteroatoms. The van der Waals surface area contributed by atoms with Crippen molar-refractivity contribution in [3.8, 4) is 23.0 Å². The molecule has 212 valence electrons. The van der Waals surface area contributed by atoms with E-state index in [9.17, 15) is 15.0 Å². The first-order chi connectivity index (χ1) is 18.7. The molecule has 39 heavy (non-hydrogen) atoms. The number of guanidine groups is 1. The fourth-order valence-corrected chi connectivity index (χ4v) is 4.87. The van der Waals surface area contributed by atoms with Gasteiger partial charge in [0.25, 0.3) is 0 Å². The summed E-state index contributed by atoms with van der Waals surface area (Å²) in [4.78, 5) is 17.3. The summed E-state index contributed by atoms with van der Waals surface area (Å²) in [7, 11) is 3.02. The fourth-order valence-electron chi connectivity index (χ4n) is 4.87. The van der Waals surface area contributed by atoms with Crippen molar-refractivity contribution in [3.63, 3.8) is 0 Å². The first kappa shape index (κ1) is 29.9. The quantitative estimate of drug-likeness (QED) is 0.118. The van der Waals surface area contributed by atoms with Gasteiger partial charge in [-0.1, -0.05) is 45.3 Å². The van der Waals surface area contributed by atoms with E-state index in [0.29, 0.717) is 36.4 Å². The third-order valence-electron chi connectivity index (χ3n) is 7.27. The van der Waals surface area contributed by atoms with Crippen LogP contribution in [0.4, 0.5) is 5.69 Å². The van der Waals surface area contributed by atoms with Crippen LogP contribution in [0.15, 0.2) is 47.5 Å². The summed E-state index contributed by atoms with van der Waals surface area (Å²) >= 11 is 0. The van der Waals surface area contributed by atoms with E-state index in [-0.39, 0.29) is 41.1 Å². The number of aliphatic imine (C=N–C) groups is 1. The highest BCUT2D eigenvalue weighted by Gasteiger charge is 2.18. The molecule has 0 aliphatic heterocycles. The maximum Gasteiger partial charge on any atom is 0.193 e. The Bertz CT molecular complexity index is 1170. The van der Waals surface area contributed by atoms with Crippen LogP contribution in [0.1, 0.15) is 63.5 Å². The predicted molar refractivity (Wildman–Crippen MR) is 156 cm³/mol. The highest BCUT2D eigenvalue weighted by molar-refractivity contribution is 5.94. The van der Waals surface area contributed by atoms with E-state index in [2.05, 4.69) is 24.2 Å². The number of ketones is 1. The van der Waals surface area contributed by atoms with E-state index in [0.717, 1.165) is 36.8 Å². The van der Waals surface area contributed by atoms with E-state index >= 15 is 0 Å². The predicted octanol–water partition coefficient (Wildman–Crippen LogP) is 5.75. The summed E-state index contributed by atoms with van der Waals surface area (Å²) in [6, 6.07) is 9.01. The van der Waals surface area contributed by atoms with Gasteiger partial charge in [0.15, 0.2) is 34.7 Å². The number of allylic oxidation sites excluding steroid dienone is 2. The molecule has 0 saturated heterocycles. The van der Waals surface area contributed by atoms with Crippen LogP contribution in [-0.2, 0) is 17.6 Å². The second-order valence-corrected chi connectivity index (χ2v) is 10.6. The molecule has 0 amide bonds. The van der Waals surface area contributed by atoms with Crippen molar-refractivity contribution in [2.45, 2.75) is 71.3 Å². The molecule has 1 aliphatic rings. The van der Waals surface area contributed by atoms with Crippen LogP contribution in [0.3, 0.4) is 0 Å². The number of ether oxygens (including phenoxy) is 2. The van der Waals surface area contributed by atoms with Crippen molar-refractivity contribution < 1.29 is 24.5 Å². The second-order valence-electron chi connectivity index (χ2n) is 10.6. The molecule has 2 aromatic rings. The van der Waals surface area contributed by atoms with E-state index in [1.807, 2.05) is 18.2 Å². The number of phenolic OH excluding ortho intramolecular Hbond substituents is 2. The van der Waals surface area contributed by atoms with E-state index in [1.54, 1.807) is 24.3 Å². The number of anilines is 1. The highest BCUT2D eigenvalue weighted by Crippen LogP contribution is 2.37. The first-order valence-electron chi connectivity index (χ1n) is 13.8. The molecule has 1 aliphatic carbocycles. The smallest absolute Gasteiger partial charge is 0.193 e. The zero-order valence-electron chi connectivity index (χ0n) is 23.6. The molecule has 0 bridgehead atoms. The van der Waals surface area contributed by atoms with E-state index in [4.69, 9.17) is 15.2 Å². The number of methoxy groups -OCH3 is 2. The summed E-state index contributed by atoms with van der Waals surface area (Å²) in [6.07, 6.45) is 10.8. The lowest BCUT2D eigenvalue weighted by atomic mass is 9.88. The van der Waals surface area contributed by atoms with Gasteiger partial charge in [-0.3, -0.25) is 4.79 Å². The Balaban J connectivity index is 1.68. The first-order valence-corrected chi connectivity index (χ1v) is 13.8. The SMILES string of the molecule is COc1cc(CCC(=O)/C=C/[C@H](Cc2cc(NC(N)=NC3CCCCC3)c(O)c(OC)c2)C(C)C)ccc1O. The van der Waals surface area contributed by atoms with Gasteiger partial charge in [0.1, 0.15) is 0 Å². The molecule has 0 spiro atoms. The minimum Gasteiger partial charge on any atom is -0.504 e. The van der Waals surface area contributed by atoms with Crippen LogP contribution in [0.2, 0.25) is 0 Å². The second kappa shape index (κ2) is 14.5. The van der Waals surface area contributed by atoms with Crippen molar-refractivity contribution in [3.05, 3.63) is 53.6 Å². The Hall–Kier alpha value is -3.68. The third-order valence-corrected chi connectivity index (χ3v) is 7.27. The van der Waals surface area contributed by atoms with Gasteiger partial charge in [-0.05, 0) is 79.0 Å². The number of hydrogen-bond donors (Lipinski definition) is 4. The molecule has 0 radical (unpaired) electrons. The maximum absolute atomic E-state index is 12.6. The number of nitrogens with zero attached hydrogens (tertiary/aromatic N) is 1. The van der Waals surface area contributed by atoms with Crippen LogP contribution in [0.5, 0.6) is 23.0 Å². The van der Waals surface area contributed by atoms with Crippen molar-refractivity contribution in [1.29, 1.82) is 0 Å². The average Bonchev–Trinajstić information content (AvgIpc) is 2.92. The number of carbonyl (C=O) groups is 1. The summed E-state index contributed by atoms with van der Waals surface area (Å²) in [6.45, 7) is 4.24. The molecular formula is C31H43N3O5. The van der Waals surface area contributed by atoms with Crippen LogP contribution in [-0.4, -0.2) is 42.2 Å². The molecule has 8 nitrogen and oxygen atoms in total. The van der Waals surface area contributed by atoms with Crippen LogP contribution >= 0.6 is 0 Å². The minimum absolute atomic E-state index is 0.0132. The number of aryl methyl sites for hydroxylation is 1. The summed E-state index contributed by atoms with van der Waals surface area (Å²) in [5, 5.41) is 23.5. The van der Waals surface area contributed by atoms with Crippen LogP contribution in [0.25, 0.3) is 0 Å². The van der Waals surface area contributed by atoms with Crippen molar-refractivity contribution >= 4 is 17.4 Å². The number of carbonyl (C=O) groups excluding carboxylic acids is 1. The lowest BCUT2D eigenvalue weighted by Gasteiger charge is -2.20. The summed E-state index contributed by atoms with van der Waals surface area (Å²) < 4.78 is 10.6. The number of aromatic hydroxyl groups is 2. The van der Waals surface area contributed by atoms with Gasteiger partial charge in [-0.15, -0.1) is 0 Å². The van der Waals surface area contributed by atoms with Gasteiger partial charge in [0.2, 0.25) is 0 Å². The number of benzene rings is 2. The van der Waals surface area contributed by atoms with Gasteiger partial charge < -0.3 is 30.7 Å². The number of rotatable bonds is 12. The average molecular weight is 538 g/mol. The molecule has 0 unspecified atom stereocenters. The van der Waals surface area contributed by atoms with Crippen LogP contribution < -0.4 is 20.5 Å². The van der Waals surface area contributed by atoms with Crippen LogP contribution in [0, 0.1) is 11.8 Å². The number of nitrogens with one attached hydrogen (secondary N) is 1. The lowest BCUT2D eigenvalue weighted by molar-refractivity contribution is -0.114. The number of nitrogens with two attached hydrogens (primary N) is 1. The van der Waals surface area contributed by atoms with Crippen molar-refractivity contribution in [2.75, 3.05) is 19.5 Å². The Morgan fingerprint density at radius 1 is 1.08 bits per heavy atom. The van der Waals surface area contributed by atoms with Gasteiger partial charge in [0.05, 0.1) is 25.9 Å². The van der Waals surface area contributed by atoms with Gasteiger partial charge in [-0.2, -0.15) is 0 Å². The summed E-state index contributed by atoms with van der Waals surface area (Å²) in [5.41, 5.74) is 8.52. The molecule has 2 aromatic carbocycles. The van der Waals surface area contributed by atoms with Crippen molar-refractivity contribution in [2.24, 2.45) is 22.6 Å². The third kappa shape index (κ3) is 8.94. The molecule has 5 N–H and O–H groups in total. The molecule has 1 fully saturated rings. The standard InChI is InChI=1S/C31H43N3O5/c1-20(2)23(12-14-25(35)13-10-21-11-15-27(36)28(18-21)38-3)16-22-17-26(30(37)29(19-22)39-4)34-31(32)33-24-8-6-5-7-9-24/h11-12,14-15,17-20,23-24,36-37H,5-10,13,16H2,1-4H3,(H3,32,33,34)/b14-12+/t23-/m1/s1. The Morgan fingerprint density at radius 3 is 2.44 bits per heavy atom. The maximum atomic E-state index is 12.6. The monoisotopic (exact) mass is 537 g/mol. The molecule has 3 rings (SSSR count). The molecule has 0 aromatic heterocycles. The Morgan fingerprint density at radius 2 is 1.77 bits per heavy atom. The largest absolute Gasteiger partial charge is 0.504 e. The van der Waals surface area contributed by atoms with Gasteiger partial charge >= 0.3 is 0 Å². The number of hydrogen-bond acceptors (Lipinski definition) is 6. The summed E-state index contributed by atoms with van der Waals surface area (Å²) in [5.74, 6) is 1.51. The lowest BCUT2D eigenvalue weighted by Crippen LogP contribution is -2.26. The Labute approximate surface area is 231 Å². The van der Waals surface area contributed by atoms with E-state index in [1.165, 1.54) is 20.6 Å². The normalized spacial score (nSPS) is 15.5. The van der Waals surface area contributed by atoms with E-state index < -0.39 is 0 Å². The molecule has 1 saturated carbocycles. The minimum atomic E-state index is -0.0132. The topological polar surface area (TPSA) is 126 Å². The van der Waals surface area contributed by atoms with Crippen molar-refractivity contribution in [1.82, 2.24) is 0 Å². The van der Waals surface area contributed by atoms with Gasteiger partial charge in [-0.25, -0.2) is 4.99 Å². The Kier molecular flexibility index (Phi) is 11.1. The fraction of sp³-hybridized carbons (Fsp3) is 0.484. The van der Waals surface area contributed by atoms with Gasteiger partial charge in [0, 0.05) is 6.42 Å². The number of phenols is 2. The zero-order valence-corrected chi connectivity index (χ0v) is 23.6. The highest BCUT2D eigenvalue weighted by atomic mass is 16.5. The zero-order chi connectivity index (χ0) is 28.4.